The molecule has 0 spiro atoms. The van der Waals surface area contributed by atoms with E-state index in [1.165, 1.54) is 37.1 Å². The third kappa shape index (κ3) is 3.56. The number of aryl methyl sites for hydroxylation is 1. The van der Waals surface area contributed by atoms with Crippen molar-refractivity contribution in [2.45, 2.75) is 40.2 Å². The Morgan fingerprint density at radius 3 is 2.89 bits per heavy atom. The maximum Gasteiger partial charge on any atom is 0.0216 e. The zero-order chi connectivity index (χ0) is 13.0. The van der Waals surface area contributed by atoms with E-state index in [0.717, 1.165) is 19.0 Å². The molecule has 0 amide bonds. The highest BCUT2D eigenvalue weighted by molar-refractivity contribution is 7.08. The summed E-state index contributed by atoms with van der Waals surface area (Å²) in [6.45, 7) is 11.5. The molecule has 0 radical (unpaired) electrons. The minimum absolute atomic E-state index is 0.386. The molecule has 1 aliphatic rings. The maximum absolute atomic E-state index is 3.65. The molecule has 0 bridgehead atoms. The van der Waals surface area contributed by atoms with Gasteiger partial charge in [0.1, 0.15) is 0 Å². The molecule has 3 heteroatoms. The van der Waals surface area contributed by atoms with Crippen LogP contribution in [0.5, 0.6) is 0 Å². The largest absolute Gasteiger partial charge is 0.316 e. The van der Waals surface area contributed by atoms with Crippen LogP contribution in [0.3, 0.4) is 0 Å². The lowest BCUT2D eigenvalue weighted by molar-refractivity contribution is 0.166. The molecule has 1 aliphatic heterocycles. The quantitative estimate of drug-likeness (QED) is 0.855. The molecule has 1 atom stereocenters. The molecule has 102 valence electrons. The van der Waals surface area contributed by atoms with Gasteiger partial charge in [-0.2, -0.15) is 11.3 Å². The lowest BCUT2D eigenvalue weighted by atomic mass is 9.75. The number of hydrogen-bond donors (Lipinski definition) is 2. The maximum atomic E-state index is 3.65. The Hall–Kier alpha value is -0.380. The van der Waals surface area contributed by atoms with Crippen LogP contribution in [0.25, 0.3) is 0 Å². The average Bonchev–Trinajstić information content (AvgIpc) is 2.76. The van der Waals surface area contributed by atoms with Crippen LogP contribution < -0.4 is 10.6 Å². The number of nitrogens with one attached hydrogen (secondary N) is 2. The van der Waals surface area contributed by atoms with E-state index in [-0.39, 0.29) is 0 Å². The first-order valence-electron chi connectivity index (χ1n) is 7.03. The Balaban J connectivity index is 1.79. The topological polar surface area (TPSA) is 24.1 Å². The molecule has 18 heavy (non-hydrogen) atoms. The minimum Gasteiger partial charge on any atom is -0.316 e. The van der Waals surface area contributed by atoms with Crippen LogP contribution in [0, 0.1) is 18.3 Å². The molecule has 0 aliphatic carbocycles. The van der Waals surface area contributed by atoms with Crippen LogP contribution in [0.1, 0.15) is 37.8 Å². The standard InChI is InChI=1S/C15H26N2S/c1-12-9-18-10-13(12)7-17-11-15(2,3)14-5-4-6-16-8-14/h9-10,14,16-17H,4-8,11H2,1-3H3. The van der Waals surface area contributed by atoms with Crippen molar-refractivity contribution in [3.63, 3.8) is 0 Å². The van der Waals surface area contributed by atoms with Crippen molar-refractivity contribution < 1.29 is 0 Å². The van der Waals surface area contributed by atoms with Crippen LogP contribution in [0.15, 0.2) is 10.8 Å². The fourth-order valence-corrected chi connectivity index (χ4v) is 3.61. The fraction of sp³-hybridized carbons (Fsp3) is 0.733. The Labute approximate surface area is 115 Å². The van der Waals surface area contributed by atoms with Gasteiger partial charge in [-0.15, -0.1) is 0 Å². The summed E-state index contributed by atoms with van der Waals surface area (Å²) in [5, 5.41) is 11.7. The molecule has 1 aromatic rings. The van der Waals surface area contributed by atoms with Crippen molar-refractivity contribution in [3.05, 3.63) is 21.9 Å². The van der Waals surface area contributed by atoms with Gasteiger partial charge in [0.2, 0.25) is 0 Å². The molecule has 1 saturated heterocycles. The summed E-state index contributed by atoms with van der Waals surface area (Å²) in [4.78, 5) is 0. The first-order valence-corrected chi connectivity index (χ1v) is 7.97. The molecule has 2 N–H and O–H groups in total. The van der Waals surface area contributed by atoms with Gasteiger partial charge in [0.05, 0.1) is 0 Å². The molecule has 0 saturated carbocycles. The number of rotatable bonds is 5. The summed E-state index contributed by atoms with van der Waals surface area (Å²) < 4.78 is 0. The highest BCUT2D eigenvalue weighted by atomic mass is 32.1. The van der Waals surface area contributed by atoms with Gasteiger partial charge in [0.15, 0.2) is 0 Å². The van der Waals surface area contributed by atoms with Crippen molar-refractivity contribution >= 4 is 11.3 Å². The van der Waals surface area contributed by atoms with E-state index < -0.39 is 0 Å². The second-order valence-electron chi connectivity index (χ2n) is 6.22. The van der Waals surface area contributed by atoms with E-state index in [2.05, 4.69) is 42.2 Å². The van der Waals surface area contributed by atoms with E-state index in [4.69, 9.17) is 0 Å². The molecule has 2 heterocycles. The Kier molecular flexibility index (Phi) is 4.82. The van der Waals surface area contributed by atoms with E-state index in [0.29, 0.717) is 5.41 Å². The molecular weight excluding hydrogens is 240 g/mol. The first-order chi connectivity index (χ1) is 8.59. The fourth-order valence-electron chi connectivity index (χ4n) is 2.75. The van der Waals surface area contributed by atoms with Gasteiger partial charge in [-0.05, 0) is 66.1 Å². The van der Waals surface area contributed by atoms with Crippen LogP contribution in [0.2, 0.25) is 0 Å². The monoisotopic (exact) mass is 266 g/mol. The number of hydrogen-bond acceptors (Lipinski definition) is 3. The number of thiophene rings is 1. The molecule has 1 aromatic heterocycles. The SMILES string of the molecule is Cc1cscc1CNCC(C)(C)C1CCCNC1. The van der Waals surface area contributed by atoms with Gasteiger partial charge < -0.3 is 10.6 Å². The van der Waals surface area contributed by atoms with Crippen LogP contribution >= 0.6 is 11.3 Å². The molecule has 2 nitrogen and oxygen atoms in total. The van der Waals surface area contributed by atoms with Gasteiger partial charge in [-0.25, -0.2) is 0 Å². The van der Waals surface area contributed by atoms with Crippen molar-refractivity contribution in [2.75, 3.05) is 19.6 Å². The Bertz CT molecular complexity index is 364. The second kappa shape index (κ2) is 6.18. The van der Waals surface area contributed by atoms with Gasteiger partial charge in [-0.3, -0.25) is 0 Å². The van der Waals surface area contributed by atoms with Crippen molar-refractivity contribution in [2.24, 2.45) is 11.3 Å². The summed E-state index contributed by atoms with van der Waals surface area (Å²) in [7, 11) is 0. The van der Waals surface area contributed by atoms with Crippen LogP contribution in [-0.2, 0) is 6.54 Å². The zero-order valence-electron chi connectivity index (χ0n) is 11.9. The Morgan fingerprint density at radius 2 is 2.28 bits per heavy atom. The molecule has 1 unspecified atom stereocenters. The van der Waals surface area contributed by atoms with E-state index in [9.17, 15) is 0 Å². The summed E-state index contributed by atoms with van der Waals surface area (Å²) >= 11 is 1.80. The third-order valence-electron chi connectivity index (χ3n) is 4.26. The first kappa shape index (κ1) is 14.0. The van der Waals surface area contributed by atoms with E-state index in [1.54, 1.807) is 11.3 Å². The predicted octanol–water partition coefficient (Wildman–Crippen LogP) is 3.17. The Morgan fingerprint density at radius 1 is 1.44 bits per heavy atom. The van der Waals surface area contributed by atoms with Crippen LogP contribution in [0.4, 0.5) is 0 Å². The molecule has 0 aromatic carbocycles. The summed E-state index contributed by atoms with van der Waals surface area (Å²) in [5.74, 6) is 0.808. The lowest BCUT2D eigenvalue weighted by Gasteiger charge is -2.37. The molecule has 1 fully saturated rings. The van der Waals surface area contributed by atoms with Crippen LogP contribution in [-0.4, -0.2) is 19.6 Å². The second-order valence-corrected chi connectivity index (χ2v) is 6.96. The lowest BCUT2D eigenvalue weighted by Crippen LogP contribution is -2.43. The highest BCUT2D eigenvalue weighted by Gasteiger charge is 2.30. The predicted molar refractivity (Wildman–Crippen MR) is 80.1 cm³/mol. The van der Waals surface area contributed by atoms with Gasteiger partial charge in [0.25, 0.3) is 0 Å². The third-order valence-corrected chi connectivity index (χ3v) is 5.17. The van der Waals surface area contributed by atoms with Gasteiger partial charge in [0, 0.05) is 13.1 Å². The molecule has 2 rings (SSSR count). The average molecular weight is 266 g/mol. The summed E-state index contributed by atoms with van der Waals surface area (Å²) in [6, 6.07) is 0. The van der Waals surface area contributed by atoms with Gasteiger partial charge >= 0.3 is 0 Å². The summed E-state index contributed by atoms with van der Waals surface area (Å²) in [5.41, 5.74) is 3.26. The normalized spacial score (nSPS) is 21.2. The van der Waals surface area contributed by atoms with E-state index in [1.807, 2.05) is 0 Å². The van der Waals surface area contributed by atoms with Gasteiger partial charge in [-0.1, -0.05) is 13.8 Å². The highest BCUT2D eigenvalue weighted by Crippen LogP contribution is 2.31. The smallest absolute Gasteiger partial charge is 0.0216 e. The number of piperidine rings is 1. The summed E-state index contributed by atoms with van der Waals surface area (Å²) in [6.07, 6.45) is 2.71. The minimum atomic E-state index is 0.386. The van der Waals surface area contributed by atoms with Crippen molar-refractivity contribution in [3.8, 4) is 0 Å². The van der Waals surface area contributed by atoms with Crippen molar-refractivity contribution in [1.29, 1.82) is 0 Å². The zero-order valence-corrected chi connectivity index (χ0v) is 12.7. The van der Waals surface area contributed by atoms with E-state index >= 15 is 0 Å². The molecular formula is C15H26N2S. The van der Waals surface area contributed by atoms with Crippen molar-refractivity contribution in [1.82, 2.24) is 10.6 Å².